The highest BCUT2D eigenvalue weighted by Gasteiger charge is 2.38. The Morgan fingerprint density at radius 3 is 2.55 bits per heavy atom. The summed E-state index contributed by atoms with van der Waals surface area (Å²) in [6.07, 6.45) is 5.55. The summed E-state index contributed by atoms with van der Waals surface area (Å²) < 4.78 is 0. The number of carbonyl (C=O) groups is 1. The molecule has 1 aliphatic heterocycles. The first-order valence-electron chi connectivity index (χ1n) is 7.91. The van der Waals surface area contributed by atoms with Crippen LogP contribution in [0.25, 0.3) is 0 Å². The number of carboxylic acid groups (broad SMARTS) is 1. The molecule has 1 saturated carbocycles. The molecule has 2 rings (SSSR count). The zero-order valence-corrected chi connectivity index (χ0v) is 12.9. The number of aliphatic carboxylic acids is 1. The van der Waals surface area contributed by atoms with Gasteiger partial charge in [-0.1, -0.05) is 0 Å². The van der Waals surface area contributed by atoms with Crippen molar-refractivity contribution < 1.29 is 9.90 Å². The van der Waals surface area contributed by atoms with Gasteiger partial charge in [0.05, 0.1) is 0 Å². The fourth-order valence-electron chi connectivity index (χ4n) is 2.76. The van der Waals surface area contributed by atoms with Crippen molar-refractivity contribution >= 4 is 5.97 Å². The minimum absolute atomic E-state index is 0.422. The number of carboxylic acids is 1. The average molecular weight is 283 g/mol. The smallest absolute Gasteiger partial charge is 0.323 e. The first-order valence-corrected chi connectivity index (χ1v) is 7.91. The standard InChI is InChI=1S/C15H29N3O2/c1-15(14(19)20,16-13-5-6-13)7-10-17(2)11-12-18-8-3-4-9-18/h13,16H,3-12H2,1-2H3,(H,19,20). The summed E-state index contributed by atoms with van der Waals surface area (Å²) >= 11 is 0. The van der Waals surface area contributed by atoms with Gasteiger partial charge >= 0.3 is 5.97 Å². The summed E-state index contributed by atoms with van der Waals surface area (Å²) in [5.41, 5.74) is -0.775. The van der Waals surface area contributed by atoms with Crippen molar-refractivity contribution in [2.75, 3.05) is 39.8 Å². The second kappa shape index (κ2) is 6.87. The number of rotatable bonds is 9. The van der Waals surface area contributed by atoms with E-state index < -0.39 is 11.5 Å². The van der Waals surface area contributed by atoms with Gasteiger partial charge in [-0.2, -0.15) is 0 Å². The SMILES string of the molecule is CN(CCN1CCCC1)CCC(C)(NC1CC1)C(=O)O. The van der Waals surface area contributed by atoms with Gasteiger partial charge in [-0.3, -0.25) is 10.1 Å². The van der Waals surface area contributed by atoms with Crippen LogP contribution in [0.3, 0.4) is 0 Å². The van der Waals surface area contributed by atoms with E-state index in [9.17, 15) is 9.90 Å². The molecule has 0 aromatic heterocycles. The maximum Gasteiger partial charge on any atom is 0.323 e. The van der Waals surface area contributed by atoms with Crippen LogP contribution in [0.4, 0.5) is 0 Å². The molecule has 0 aromatic rings. The van der Waals surface area contributed by atoms with Crippen molar-refractivity contribution in [3.63, 3.8) is 0 Å². The van der Waals surface area contributed by atoms with Crippen LogP contribution in [0.1, 0.15) is 39.0 Å². The Morgan fingerprint density at radius 1 is 1.35 bits per heavy atom. The number of hydrogen-bond acceptors (Lipinski definition) is 4. The van der Waals surface area contributed by atoms with E-state index in [-0.39, 0.29) is 0 Å². The van der Waals surface area contributed by atoms with Gasteiger partial charge in [0, 0.05) is 25.7 Å². The number of likely N-dealkylation sites (N-methyl/N-ethyl adjacent to an activating group) is 1. The fourth-order valence-corrected chi connectivity index (χ4v) is 2.76. The van der Waals surface area contributed by atoms with E-state index in [4.69, 9.17) is 0 Å². The average Bonchev–Trinajstić information content (AvgIpc) is 3.05. The largest absolute Gasteiger partial charge is 0.480 e. The summed E-state index contributed by atoms with van der Waals surface area (Å²) in [5.74, 6) is -0.725. The van der Waals surface area contributed by atoms with E-state index in [1.807, 2.05) is 6.92 Å². The van der Waals surface area contributed by atoms with Crippen LogP contribution < -0.4 is 5.32 Å². The van der Waals surface area contributed by atoms with Crippen LogP contribution in [0.5, 0.6) is 0 Å². The molecular formula is C15H29N3O2. The Morgan fingerprint density at radius 2 is 2.00 bits per heavy atom. The number of hydrogen-bond donors (Lipinski definition) is 2. The molecule has 0 radical (unpaired) electrons. The highest BCUT2D eigenvalue weighted by molar-refractivity contribution is 5.78. The summed E-state index contributed by atoms with van der Waals surface area (Å²) in [6.45, 7) is 7.24. The highest BCUT2D eigenvalue weighted by Crippen LogP contribution is 2.24. The quantitative estimate of drug-likeness (QED) is 0.661. The third-order valence-corrected chi connectivity index (χ3v) is 4.56. The van der Waals surface area contributed by atoms with E-state index in [0.29, 0.717) is 12.5 Å². The van der Waals surface area contributed by atoms with Crippen LogP contribution in [-0.4, -0.2) is 72.2 Å². The Hall–Kier alpha value is -0.650. The Labute approximate surface area is 122 Å². The lowest BCUT2D eigenvalue weighted by Gasteiger charge is -2.29. The molecule has 1 heterocycles. The zero-order valence-electron chi connectivity index (χ0n) is 12.9. The first kappa shape index (κ1) is 15.7. The molecule has 0 bridgehead atoms. The van der Waals surface area contributed by atoms with Crippen molar-refractivity contribution in [1.82, 2.24) is 15.1 Å². The lowest BCUT2D eigenvalue weighted by Crippen LogP contribution is -2.52. The molecule has 1 unspecified atom stereocenters. The Kier molecular flexibility index (Phi) is 5.41. The van der Waals surface area contributed by atoms with Gasteiger partial charge in [0.15, 0.2) is 0 Å². The molecule has 1 atom stereocenters. The van der Waals surface area contributed by atoms with Crippen LogP contribution in [-0.2, 0) is 4.79 Å². The van der Waals surface area contributed by atoms with E-state index in [2.05, 4.69) is 22.2 Å². The maximum atomic E-state index is 11.5. The van der Waals surface area contributed by atoms with Crippen LogP contribution >= 0.6 is 0 Å². The van der Waals surface area contributed by atoms with Gasteiger partial charge in [0.1, 0.15) is 5.54 Å². The minimum Gasteiger partial charge on any atom is -0.480 e. The van der Waals surface area contributed by atoms with Crippen molar-refractivity contribution in [1.29, 1.82) is 0 Å². The second-order valence-electron chi connectivity index (χ2n) is 6.66. The summed E-state index contributed by atoms with van der Waals surface area (Å²) in [6, 6.07) is 0.422. The van der Waals surface area contributed by atoms with Gasteiger partial charge in [0.25, 0.3) is 0 Å². The Bertz CT molecular complexity index is 327. The van der Waals surface area contributed by atoms with Crippen molar-refractivity contribution in [3.05, 3.63) is 0 Å². The minimum atomic E-state index is -0.775. The molecule has 0 spiro atoms. The van der Waals surface area contributed by atoms with Crippen molar-refractivity contribution in [2.24, 2.45) is 0 Å². The van der Waals surface area contributed by atoms with Gasteiger partial charge in [-0.15, -0.1) is 0 Å². The predicted molar refractivity (Wildman–Crippen MR) is 80.0 cm³/mol. The van der Waals surface area contributed by atoms with E-state index in [1.54, 1.807) is 0 Å². The van der Waals surface area contributed by atoms with Crippen LogP contribution in [0.2, 0.25) is 0 Å². The van der Waals surface area contributed by atoms with Crippen molar-refractivity contribution in [2.45, 2.75) is 50.6 Å². The molecule has 116 valence electrons. The lowest BCUT2D eigenvalue weighted by molar-refractivity contribution is -0.144. The van der Waals surface area contributed by atoms with Gasteiger partial charge in [0.2, 0.25) is 0 Å². The third kappa shape index (κ3) is 4.72. The summed E-state index contributed by atoms with van der Waals surface area (Å²) in [7, 11) is 2.09. The maximum absolute atomic E-state index is 11.5. The molecule has 5 heteroatoms. The number of likely N-dealkylation sites (tertiary alicyclic amines) is 1. The normalized spacial score (nSPS) is 23.1. The number of nitrogens with one attached hydrogen (secondary N) is 1. The van der Waals surface area contributed by atoms with E-state index in [0.717, 1.165) is 32.5 Å². The molecule has 0 aromatic carbocycles. The highest BCUT2D eigenvalue weighted by atomic mass is 16.4. The molecule has 1 aliphatic carbocycles. The van der Waals surface area contributed by atoms with Gasteiger partial charge in [-0.25, -0.2) is 0 Å². The third-order valence-electron chi connectivity index (χ3n) is 4.56. The monoisotopic (exact) mass is 283 g/mol. The summed E-state index contributed by atoms with van der Waals surface area (Å²) in [4.78, 5) is 16.2. The second-order valence-corrected chi connectivity index (χ2v) is 6.66. The van der Waals surface area contributed by atoms with Gasteiger partial charge < -0.3 is 14.9 Å². The van der Waals surface area contributed by atoms with Crippen LogP contribution in [0.15, 0.2) is 0 Å². The molecule has 2 aliphatic rings. The van der Waals surface area contributed by atoms with E-state index >= 15 is 0 Å². The topological polar surface area (TPSA) is 55.8 Å². The molecular weight excluding hydrogens is 254 g/mol. The molecule has 0 amide bonds. The molecule has 1 saturated heterocycles. The zero-order chi connectivity index (χ0) is 14.6. The molecule has 20 heavy (non-hydrogen) atoms. The first-order chi connectivity index (χ1) is 9.49. The molecule has 5 nitrogen and oxygen atoms in total. The Balaban J connectivity index is 1.69. The van der Waals surface area contributed by atoms with Crippen LogP contribution in [0, 0.1) is 0 Å². The fraction of sp³-hybridized carbons (Fsp3) is 0.933. The number of nitrogens with zero attached hydrogens (tertiary/aromatic N) is 2. The van der Waals surface area contributed by atoms with Gasteiger partial charge in [-0.05, 0) is 59.2 Å². The molecule has 2 N–H and O–H groups in total. The lowest BCUT2D eigenvalue weighted by atomic mass is 9.97. The molecule has 2 fully saturated rings. The summed E-state index contributed by atoms with van der Waals surface area (Å²) in [5, 5.41) is 12.7. The van der Waals surface area contributed by atoms with E-state index in [1.165, 1.54) is 25.9 Å². The van der Waals surface area contributed by atoms with Crippen molar-refractivity contribution in [3.8, 4) is 0 Å². The predicted octanol–water partition coefficient (Wildman–Crippen LogP) is 0.999.